The van der Waals surface area contributed by atoms with Crippen molar-refractivity contribution in [3.05, 3.63) is 47.9 Å². The number of nitrogens with zero attached hydrogens (tertiary/aromatic N) is 3. The molecule has 1 aliphatic heterocycles. The smallest absolute Gasteiger partial charge is 0.125 e. The van der Waals surface area contributed by atoms with E-state index in [1.807, 2.05) is 25.3 Å². The van der Waals surface area contributed by atoms with E-state index in [1.54, 1.807) is 6.26 Å². The Hall–Kier alpha value is -1.72. The molecule has 1 aliphatic rings. The van der Waals surface area contributed by atoms with Crippen LogP contribution in [-0.2, 0) is 6.54 Å². The van der Waals surface area contributed by atoms with Gasteiger partial charge in [-0.2, -0.15) is 0 Å². The molecule has 1 saturated heterocycles. The van der Waals surface area contributed by atoms with Crippen LogP contribution in [0.1, 0.15) is 36.2 Å². The summed E-state index contributed by atoms with van der Waals surface area (Å²) < 4.78 is 5.62. The van der Waals surface area contributed by atoms with Gasteiger partial charge in [-0.1, -0.05) is 0 Å². The van der Waals surface area contributed by atoms with Crippen LogP contribution in [0.4, 0.5) is 0 Å². The lowest BCUT2D eigenvalue weighted by Crippen LogP contribution is -2.33. The Morgan fingerprint density at radius 1 is 1.33 bits per heavy atom. The maximum atomic E-state index is 5.62. The van der Waals surface area contributed by atoms with Gasteiger partial charge in [-0.3, -0.25) is 4.90 Å². The lowest BCUT2D eigenvalue weighted by molar-refractivity contribution is 0.209. The first kappa shape index (κ1) is 14.2. The van der Waals surface area contributed by atoms with Crippen LogP contribution >= 0.6 is 0 Å². The quantitative estimate of drug-likeness (QED) is 0.883. The molecule has 2 aromatic heterocycles. The molecule has 3 rings (SSSR count). The summed E-state index contributed by atoms with van der Waals surface area (Å²) in [7, 11) is 0. The molecular weight excluding hydrogens is 264 g/mol. The molecule has 1 atom stereocenters. The summed E-state index contributed by atoms with van der Waals surface area (Å²) in [6.07, 6.45) is 6.13. The molecule has 21 heavy (non-hydrogen) atoms. The highest BCUT2D eigenvalue weighted by molar-refractivity contribution is 5.07. The molecule has 0 aromatic carbocycles. The van der Waals surface area contributed by atoms with Gasteiger partial charge in [0.2, 0.25) is 0 Å². The molecule has 0 amide bonds. The van der Waals surface area contributed by atoms with Gasteiger partial charge >= 0.3 is 0 Å². The highest BCUT2D eigenvalue weighted by Crippen LogP contribution is 2.24. The van der Waals surface area contributed by atoms with Gasteiger partial charge in [0.1, 0.15) is 11.6 Å². The molecule has 0 aliphatic carbocycles. The zero-order chi connectivity index (χ0) is 14.5. The summed E-state index contributed by atoms with van der Waals surface area (Å²) in [5.41, 5.74) is 1.03. The molecule has 1 fully saturated rings. The number of hydrogen-bond donors (Lipinski definition) is 1. The Morgan fingerprint density at radius 2 is 2.19 bits per heavy atom. The number of hydrogen-bond acceptors (Lipinski definition) is 5. The maximum Gasteiger partial charge on any atom is 0.125 e. The molecule has 5 heteroatoms. The number of furan rings is 1. The first-order valence-electron chi connectivity index (χ1n) is 7.59. The highest BCUT2D eigenvalue weighted by Gasteiger charge is 2.25. The topological polar surface area (TPSA) is 54.2 Å². The van der Waals surface area contributed by atoms with Crippen molar-refractivity contribution < 1.29 is 4.42 Å². The van der Waals surface area contributed by atoms with E-state index in [9.17, 15) is 0 Å². The van der Waals surface area contributed by atoms with Gasteiger partial charge in [0.25, 0.3) is 0 Å². The standard InChI is InChI=1S/C16H22N4O/c1-13-18-7-6-14(19-13)11-17-12-15(16-5-4-10-21-16)20-8-2-3-9-20/h4-7,10,15,17H,2-3,8-9,11-12H2,1H3. The average molecular weight is 286 g/mol. The number of aromatic nitrogens is 2. The summed E-state index contributed by atoms with van der Waals surface area (Å²) in [6.45, 7) is 5.85. The largest absolute Gasteiger partial charge is 0.468 e. The molecule has 112 valence electrons. The monoisotopic (exact) mass is 286 g/mol. The van der Waals surface area contributed by atoms with E-state index >= 15 is 0 Å². The maximum absolute atomic E-state index is 5.62. The van der Waals surface area contributed by atoms with Crippen LogP contribution in [0, 0.1) is 6.92 Å². The molecule has 0 radical (unpaired) electrons. The Kier molecular flexibility index (Phi) is 4.62. The van der Waals surface area contributed by atoms with Gasteiger partial charge in [0.15, 0.2) is 0 Å². The van der Waals surface area contributed by atoms with Crippen LogP contribution in [0.2, 0.25) is 0 Å². The Labute approximate surface area is 125 Å². The zero-order valence-corrected chi connectivity index (χ0v) is 12.5. The van der Waals surface area contributed by atoms with Crippen LogP contribution in [-0.4, -0.2) is 34.5 Å². The molecule has 2 aromatic rings. The fourth-order valence-corrected chi connectivity index (χ4v) is 2.88. The minimum atomic E-state index is 0.311. The van der Waals surface area contributed by atoms with Crippen molar-refractivity contribution in [3.63, 3.8) is 0 Å². The van der Waals surface area contributed by atoms with E-state index < -0.39 is 0 Å². The van der Waals surface area contributed by atoms with Gasteiger partial charge in [-0.15, -0.1) is 0 Å². The van der Waals surface area contributed by atoms with Crippen LogP contribution in [0.25, 0.3) is 0 Å². The molecule has 0 spiro atoms. The van der Waals surface area contributed by atoms with E-state index in [4.69, 9.17) is 4.42 Å². The van der Waals surface area contributed by atoms with Crippen LogP contribution in [0.5, 0.6) is 0 Å². The molecule has 1 N–H and O–H groups in total. The molecule has 5 nitrogen and oxygen atoms in total. The van der Waals surface area contributed by atoms with Crippen molar-refractivity contribution in [1.29, 1.82) is 0 Å². The Morgan fingerprint density at radius 3 is 2.90 bits per heavy atom. The highest BCUT2D eigenvalue weighted by atomic mass is 16.3. The number of rotatable bonds is 6. The van der Waals surface area contributed by atoms with Crippen LogP contribution in [0.15, 0.2) is 35.1 Å². The van der Waals surface area contributed by atoms with Crippen LogP contribution < -0.4 is 5.32 Å². The third-order valence-corrected chi connectivity index (χ3v) is 3.93. The fraction of sp³-hybridized carbons (Fsp3) is 0.500. The molecule has 0 bridgehead atoms. The van der Waals surface area contributed by atoms with Crippen molar-refractivity contribution in [2.75, 3.05) is 19.6 Å². The second kappa shape index (κ2) is 6.83. The van der Waals surface area contributed by atoms with Crippen molar-refractivity contribution >= 4 is 0 Å². The van der Waals surface area contributed by atoms with E-state index in [0.717, 1.165) is 43.5 Å². The zero-order valence-electron chi connectivity index (χ0n) is 12.5. The third kappa shape index (κ3) is 3.68. The van der Waals surface area contributed by atoms with Crippen molar-refractivity contribution in [2.24, 2.45) is 0 Å². The van der Waals surface area contributed by atoms with Crippen molar-refractivity contribution in [3.8, 4) is 0 Å². The summed E-state index contributed by atoms with van der Waals surface area (Å²) in [5, 5.41) is 3.50. The van der Waals surface area contributed by atoms with E-state index in [1.165, 1.54) is 12.8 Å². The Bertz CT molecular complexity index is 549. The summed E-state index contributed by atoms with van der Waals surface area (Å²) in [5.74, 6) is 1.86. The first-order valence-corrected chi connectivity index (χ1v) is 7.59. The first-order chi connectivity index (χ1) is 10.3. The summed E-state index contributed by atoms with van der Waals surface area (Å²) in [4.78, 5) is 11.0. The molecule has 0 saturated carbocycles. The van der Waals surface area contributed by atoms with Gasteiger partial charge in [0, 0.05) is 19.3 Å². The predicted molar refractivity (Wildman–Crippen MR) is 80.7 cm³/mol. The lowest BCUT2D eigenvalue weighted by atomic mass is 10.2. The van der Waals surface area contributed by atoms with Crippen molar-refractivity contribution in [2.45, 2.75) is 32.4 Å². The normalized spacial score (nSPS) is 17.2. The Balaban J connectivity index is 1.60. The number of nitrogens with one attached hydrogen (secondary N) is 1. The lowest BCUT2D eigenvalue weighted by Gasteiger charge is -2.26. The number of likely N-dealkylation sites (tertiary alicyclic amines) is 1. The predicted octanol–water partition coefficient (Wildman–Crippen LogP) is 2.30. The summed E-state index contributed by atoms with van der Waals surface area (Å²) >= 11 is 0. The fourth-order valence-electron chi connectivity index (χ4n) is 2.88. The molecule has 3 heterocycles. The van der Waals surface area contributed by atoms with Gasteiger partial charge in [-0.25, -0.2) is 9.97 Å². The second-order valence-corrected chi connectivity index (χ2v) is 5.50. The minimum absolute atomic E-state index is 0.311. The second-order valence-electron chi connectivity index (χ2n) is 5.50. The van der Waals surface area contributed by atoms with Gasteiger partial charge in [0.05, 0.1) is 18.0 Å². The van der Waals surface area contributed by atoms with Gasteiger partial charge < -0.3 is 9.73 Å². The molecule has 1 unspecified atom stereocenters. The van der Waals surface area contributed by atoms with E-state index in [0.29, 0.717) is 6.04 Å². The SMILES string of the molecule is Cc1nccc(CNCC(c2ccco2)N2CCCC2)n1. The third-order valence-electron chi connectivity index (χ3n) is 3.93. The summed E-state index contributed by atoms with van der Waals surface area (Å²) in [6, 6.07) is 6.30. The molecular formula is C16H22N4O. The van der Waals surface area contributed by atoms with E-state index in [-0.39, 0.29) is 0 Å². The van der Waals surface area contributed by atoms with Crippen molar-refractivity contribution in [1.82, 2.24) is 20.2 Å². The van der Waals surface area contributed by atoms with E-state index in [2.05, 4.69) is 26.3 Å². The van der Waals surface area contributed by atoms with Crippen LogP contribution in [0.3, 0.4) is 0 Å². The average Bonchev–Trinajstić information content (AvgIpc) is 3.17. The number of aryl methyl sites for hydroxylation is 1. The van der Waals surface area contributed by atoms with Gasteiger partial charge in [-0.05, 0) is 51.1 Å². The minimum Gasteiger partial charge on any atom is -0.468 e.